The van der Waals surface area contributed by atoms with E-state index in [0.29, 0.717) is 19.6 Å². The zero-order valence-corrected chi connectivity index (χ0v) is 16.0. The van der Waals surface area contributed by atoms with Crippen LogP contribution in [0.3, 0.4) is 0 Å². The Hall–Kier alpha value is -1.75. The summed E-state index contributed by atoms with van der Waals surface area (Å²) in [5, 5.41) is 3.28. The highest BCUT2D eigenvalue weighted by molar-refractivity contribution is 5.76. The molecule has 1 N–H and O–H groups in total. The van der Waals surface area contributed by atoms with Crippen LogP contribution >= 0.6 is 0 Å². The second kappa shape index (κ2) is 9.81. The van der Waals surface area contributed by atoms with Crippen LogP contribution in [0.4, 0.5) is 0 Å². The molecule has 0 aromatic heterocycles. The van der Waals surface area contributed by atoms with Crippen molar-refractivity contribution in [3.63, 3.8) is 0 Å². The Bertz CT molecular complexity index is 585. The lowest BCUT2D eigenvalue weighted by atomic mass is 10.0. The molecule has 0 radical (unpaired) electrons. The quantitative estimate of drug-likeness (QED) is 0.687. The number of carbonyl (C=O) groups is 1. The average Bonchev–Trinajstić information content (AvgIpc) is 3.15. The molecule has 1 saturated heterocycles. The summed E-state index contributed by atoms with van der Waals surface area (Å²) in [5.74, 6) is 1.82. The van der Waals surface area contributed by atoms with E-state index in [1.54, 1.807) is 0 Å². The monoisotopic (exact) mass is 360 g/mol. The maximum Gasteiger partial charge on any atom is 0.220 e. The molecule has 26 heavy (non-hydrogen) atoms. The van der Waals surface area contributed by atoms with Crippen molar-refractivity contribution < 1.29 is 14.3 Å². The van der Waals surface area contributed by atoms with Crippen molar-refractivity contribution in [3.8, 4) is 11.5 Å². The number of carbonyl (C=O) groups excluding carboxylic acids is 1. The van der Waals surface area contributed by atoms with Crippen LogP contribution in [-0.2, 0) is 11.2 Å². The lowest BCUT2D eigenvalue weighted by molar-refractivity contribution is -0.122. The summed E-state index contributed by atoms with van der Waals surface area (Å²) < 4.78 is 11.3. The van der Waals surface area contributed by atoms with Gasteiger partial charge in [-0.1, -0.05) is 25.8 Å². The maximum absolute atomic E-state index is 12.4. The van der Waals surface area contributed by atoms with Crippen molar-refractivity contribution in [1.29, 1.82) is 0 Å². The molecule has 1 aromatic carbocycles. The number of likely N-dealkylation sites (tertiary alicyclic amines) is 1. The van der Waals surface area contributed by atoms with Crippen molar-refractivity contribution in [1.82, 2.24) is 10.2 Å². The molecule has 2 aliphatic heterocycles. The normalized spacial score (nSPS) is 17.9. The van der Waals surface area contributed by atoms with Crippen LogP contribution in [0.15, 0.2) is 18.2 Å². The highest BCUT2D eigenvalue weighted by Crippen LogP contribution is 2.31. The summed E-state index contributed by atoms with van der Waals surface area (Å²) >= 11 is 0. The summed E-state index contributed by atoms with van der Waals surface area (Å²) in [6, 6.07) is 6.28. The third-order valence-electron chi connectivity index (χ3n) is 5.14. The Labute approximate surface area is 157 Å². The first kappa shape index (κ1) is 19.0. The second-order valence-electron chi connectivity index (χ2n) is 7.41. The van der Waals surface area contributed by atoms with Crippen LogP contribution in [0.1, 0.15) is 51.0 Å². The van der Waals surface area contributed by atoms with Crippen LogP contribution < -0.4 is 14.8 Å². The molecule has 0 unspecified atom stereocenters. The van der Waals surface area contributed by atoms with E-state index in [9.17, 15) is 4.79 Å². The molecule has 0 saturated carbocycles. The van der Waals surface area contributed by atoms with E-state index in [-0.39, 0.29) is 11.9 Å². The van der Waals surface area contributed by atoms with Gasteiger partial charge in [0, 0.05) is 19.0 Å². The van der Waals surface area contributed by atoms with Gasteiger partial charge in [-0.05, 0) is 56.5 Å². The van der Waals surface area contributed by atoms with Gasteiger partial charge in [-0.3, -0.25) is 4.79 Å². The molecule has 2 heterocycles. The predicted molar refractivity (Wildman–Crippen MR) is 103 cm³/mol. The third kappa shape index (κ3) is 5.63. The topological polar surface area (TPSA) is 50.8 Å². The minimum Gasteiger partial charge on any atom is -0.486 e. The van der Waals surface area contributed by atoms with E-state index in [0.717, 1.165) is 56.8 Å². The molecule has 3 rings (SSSR count). The number of nitrogens with zero attached hydrogens (tertiary/aromatic N) is 1. The number of hydrogen-bond acceptors (Lipinski definition) is 4. The van der Waals surface area contributed by atoms with Gasteiger partial charge in [-0.15, -0.1) is 0 Å². The van der Waals surface area contributed by atoms with E-state index < -0.39 is 0 Å². The summed E-state index contributed by atoms with van der Waals surface area (Å²) in [6.45, 7) is 6.58. The number of rotatable bonds is 9. The van der Waals surface area contributed by atoms with Crippen molar-refractivity contribution in [2.24, 2.45) is 0 Å². The van der Waals surface area contributed by atoms with Gasteiger partial charge in [0.05, 0.1) is 0 Å². The smallest absolute Gasteiger partial charge is 0.220 e. The Morgan fingerprint density at radius 3 is 2.69 bits per heavy atom. The van der Waals surface area contributed by atoms with Gasteiger partial charge < -0.3 is 19.7 Å². The number of ether oxygens (including phenoxy) is 2. The molecule has 0 spiro atoms. The van der Waals surface area contributed by atoms with Crippen LogP contribution in [0.5, 0.6) is 11.5 Å². The minimum atomic E-state index is 0.143. The summed E-state index contributed by atoms with van der Waals surface area (Å²) in [6.07, 6.45) is 7.22. The molecule has 5 heteroatoms. The lowest BCUT2D eigenvalue weighted by Gasteiger charge is -2.25. The molecular weight excluding hydrogens is 328 g/mol. The summed E-state index contributed by atoms with van der Waals surface area (Å²) in [5.41, 5.74) is 1.19. The Balaban J connectivity index is 1.61. The molecule has 1 fully saturated rings. The van der Waals surface area contributed by atoms with Crippen LogP contribution in [0.25, 0.3) is 0 Å². The molecular formula is C21H32N2O3. The van der Waals surface area contributed by atoms with Crippen molar-refractivity contribution in [3.05, 3.63) is 23.8 Å². The van der Waals surface area contributed by atoms with Crippen LogP contribution in [0, 0.1) is 0 Å². The van der Waals surface area contributed by atoms with E-state index in [1.807, 2.05) is 6.07 Å². The number of unbranched alkanes of at least 4 members (excludes halogenated alkanes) is 2. The third-order valence-corrected chi connectivity index (χ3v) is 5.14. The standard InChI is InChI=1S/C21H32N2O3/c1-2-3-4-7-21(24)22-18(16-23-10-5-6-11-23)14-17-8-9-19-20(15-17)26-13-12-25-19/h8-9,15,18H,2-7,10-14,16H2,1H3,(H,22,24)/t18-/m0/s1. The summed E-state index contributed by atoms with van der Waals surface area (Å²) in [4.78, 5) is 14.8. The van der Waals surface area contributed by atoms with Gasteiger partial charge in [-0.2, -0.15) is 0 Å². The lowest BCUT2D eigenvalue weighted by Crippen LogP contribution is -2.44. The molecule has 144 valence electrons. The molecule has 1 amide bonds. The Kier molecular flexibility index (Phi) is 7.18. The fourth-order valence-electron chi connectivity index (χ4n) is 3.77. The van der Waals surface area contributed by atoms with Crippen molar-refractivity contribution in [2.75, 3.05) is 32.8 Å². The van der Waals surface area contributed by atoms with Crippen molar-refractivity contribution >= 4 is 5.91 Å². The average molecular weight is 360 g/mol. The van der Waals surface area contributed by atoms with Gasteiger partial charge in [0.1, 0.15) is 13.2 Å². The first-order valence-electron chi connectivity index (χ1n) is 10.1. The predicted octanol–water partition coefficient (Wildman–Crippen LogP) is 3.16. The van der Waals surface area contributed by atoms with Gasteiger partial charge >= 0.3 is 0 Å². The SMILES string of the molecule is CCCCCC(=O)N[C@@H](Cc1ccc2c(c1)OCCO2)CN1CCCC1. The highest BCUT2D eigenvalue weighted by atomic mass is 16.6. The molecule has 0 bridgehead atoms. The zero-order valence-electron chi connectivity index (χ0n) is 16.0. The number of fused-ring (bicyclic) bond motifs is 1. The largest absolute Gasteiger partial charge is 0.486 e. The van der Waals surface area contributed by atoms with Gasteiger partial charge in [0.2, 0.25) is 5.91 Å². The summed E-state index contributed by atoms with van der Waals surface area (Å²) in [7, 11) is 0. The van der Waals surface area contributed by atoms with E-state index in [4.69, 9.17) is 9.47 Å². The molecule has 2 aliphatic rings. The fraction of sp³-hybridized carbons (Fsp3) is 0.667. The molecule has 1 atom stereocenters. The van der Waals surface area contributed by atoms with Gasteiger partial charge in [-0.25, -0.2) is 0 Å². The molecule has 5 nitrogen and oxygen atoms in total. The van der Waals surface area contributed by atoms with E-state index in [1.165, 1.54) is 18.4 Å². The first-order chi connectivity index (χ1) is 12.7. The number of hydrogen-bond donors (Lipinski definition) is 1. The number of nitrogens with one attached hydrogen (secondary N) is 1. The first-order valence-corrected chi connectivity index (χ1v) is 10.1. The fourth-order valence-corrected chi connectivity index (χ4v) is 3.77. The number of benzene rings is 1. The van der Waals surface area contributed by atoms with Crippen LogP contribution in [0.2, 0.25) is 0 Å². The Morgan fingerprint density at radius 2 is 1.92 bits per heavy atom. The van der Waals surface area contributed by atoms with E-state index in [2.05, 4.69) is 29.3 Å². The molecule has 0 aliphatic carbocycles. The minimum absolute atomic E-state index is 0.143. The Morgan fingerprint density at radius 1 is 1.15 bits per heavy atom. The second-order valence-corrected chi connectivity index (χ2v) is 7.41. The highest BCUT2D eigenvalue weighted by Gasteiger charge is 2.20. The molecule has 1 aromatic rings. The zero-order chi connectivity index (χ0) is 18.2. The number of amides is 1. The van der Waals surface area contributed by atoms with Gasteiger partial charge in [0.25, 0.3) is 0 Å². The van der Waals surface area contributed by atoms with Crippen LogP contribution in [-0.4, -0.2) is 49.7 Å². The van der Waals surface area contributed by atoms with Crippen molar-refractivity contribution in [2.45, 2.75) is 57.9 Å². The maximum atomic E-state index is 12.4. The van der Waals surface area contributed by atoms with E-state index >= 15 is 0 Å². The van der Waals surface area contributed by atoms with Gasteiger partial charge in [0.15, 0.2) is 11.5 Å².